The number of hydrogen-bond donors (Lipinski definition) is 19. The van der Waals surface area contributed by atoms with Crippen LogP contribution in [0.5, 0.6) is 0 Å². The van der Waals surface area contributed by atoms with E-state index in [9.17, 15) is 0 Å². The smallest absolute Gasteiger partial charge is 0.261 e. The first-order valence-electron chi connectivity index (χ1n) is 23.2. The Morgan fingerprint density at radius 3 is 0.911 bits per heavy atom. The maximum Gasteiger partial charge on any atom is 0.261 e. The number of rotatable bonds is 2. The van der Waals surface area contributed by atoms with Crippen LogP contribution < -0.4 is 99.7 Å². The van der Waals surface area contributed by atoms with Gasteiger partial charge in [-0.1, -0.05) is 17.4 Å². The van der Waals surface area contributed by atoms with Gasteiger partial charge in [0.2, 0.25) is 48.1 Å². The summed E-state index contributed by atoms with van der Waals surface area (Å²) in [5.41, 5.74) is 49.7. The van der Waals surface area contributed by atoms with E-state index in [1.807, 2.05) is 14.1 Å². The van der Waals surface area contributed by atoms with Gasteiger partial charge in [-0.25, -0.2) is 0 Å². The number of nitrogens with two attached hydrogens (primary N) is 9. The van der Waals surface area contributed by atoms with E-state index in [4.69, 9.17) is 118 Å². The molecule has 0 rings (SSSR count). The van der Waals surface area contributed by atoms with Crippen LogP contribution in [-0.2, 0) is 0 Å². The normalized spacial score (nSPS) is 9.12. The van der Waals surface area contributed by atoms with Gasteiger partial charge in [0.25, 0.3) is 5.96 Å². The van der Waals surface area contributed by atoms with Gasteiger partial charge >= 0.3 is 0 Å². The molecule has 0 unspecified atom stereocenters. The highest BCUT2D eigenvalue weighted by molar-refractivity contribution is 5.83. The van der Waals surface area contributed by atoms with E-state index in [0.29, 0.717) is 23.8 Å². The number of nitrogens with one attached hydrogen (secondary N) is 10. The van der Waals surface area contributed by atoms with Gasteiger partial charge in [0.15, 0.2) is 73.0 Å². The van der Waals surface area contributed by atoms with E-state index < -0.39 is 0 Å². The summed E-state index contributed by atoms with van der Waals surface area (Å²) in [6.07, 6.45) is 14.9. The second kappa shape index (κ2) is 83.5. The molecule has 0 aliphatic heterocycles. The molecule has 28 N–H and O–H groups in total. The number of guanidine groups is 11. The van der Waals surface area contributed by atoms with Crippen LogP contribution in [-0.4, -0.2) is 236 Å². The zero-order chi connectivity index (χ0) is 73.6. The Labute approximate surface area is 528 Å². The molecule has 0 saturated heterocycles. The highest BCUT2D eigenvalue weighted by Crippen LogP contribution is 1.88. The van der Waals surface area contributed by atoms with Crippen molar-refractivity contribution in [3.05, 3.63) is 35.5 Å². The minimum Gasteiger partial charge on any atom is -0.370 e. The van der Waals surface area contributed by atoms with Crippen molar-refractivity contribution in [2.45, 2.75) is 0 Å². The lowest BCUT2D eigenvalue weighted by Gasteiger charge is -2.11. The molecule has 90 heavy (non-hydrogen) atoms. The van der Waals surface area contributed by atoms with E-state index in [1.54, 1.807) is 144 Å². The van der Waals surface area contributed by atoms with Crippen molar-refractivity contribution < 1.29 is 0 Å². The summed E-state index contributed by atoms with van der Waals surface area (Å²) in [6.45, 7) is 16.0. The van der Waals surface area contributed by atoms with E-state index in [-0.39, 0.29) is 47.5 Å². The average Bonchev–Trinajstić information content (AvgIpc) is 3.59. The summed E-state index contributed by atoms with van der Waals surface area (Å²) < 4.78 is 0. The second-order valence-electron chi connectivity index (χ2n) is 13.5. The summed E-state index contributed by atoms with van der Waals surface area (Å²) in [5.74, 6) is 3.15. The zero-order valence-corrected chi connectivity index (χ0v) is 54.5. The first-order chi connectivity index (χ1) is 42.1. The predicted molar refractivity (Wildman–Crippen MR) is 350 cm³/mol. The summed E-state index contributed by atoms with van der Waals surface area (Å²) in [6, 6.07) is 0. The summed E-state index contributed by atoms with van der Waals surface area (Å²) >= 11 is 0. The molecule has 0 aromatic rings. The van der Waals surface area contributed by atoms with E-state index >= 15 is 0 Å². The third kappa shape index (κ3) is 102. The van der Waals surface area contributed by atoms with Crippen LogP contribution >= 0.6 is 0 Å². The Morgan fingerprint density at radius 1 is 0.422 bits per heavy atom. The molecule has 0 bridgehead atoms. The molecule has 0 spiro atoms. The predicted octanol–water partition coefficient (Wildman–Crippen LogP) is -7.86. The third-order valence-electron chi connectivity index (χ3n) is 6.90. The molecule has 0 atom stereocenters. The van der Waals surface area contributed by atoms with E-state index in [2.05, 4.69) is 114 Å². The number of nitriles is 9. The van der Waals surface area contributed by atoms with Gasteiger partial charge in [0.05, 0.1) is 0 Å². The summed E-state index contributed by atoms with van der Waals surface area (Å²) in [7, 11) is 32.6. The maximum atomic E-state index is 8.20. The van der Waals surface area contributed by atoms with Crippen molar-refractivity contribution in [1.82, 2.24) is 77.5 Å². The van der Waals surface area contributed by atoms with Gasteiger partial charge in [-0.3, -0.25) is 81.3 Å². The van der Waals surface area contributed by atoms with Crippen LogP contribution in [0.1, 0.15) is 0 Å². The molecule has 0 aromatic heterocycles. The molecule has 0 aromatic carbocycles. The average molecular weight is 1260 g/mol. The number of nitrogens with zero attached hydrogens (tertiary/aromatic N) is 27. The Balaban J connectivity index is -0.0000000740. The second-order valence-corrected chi connectivity index (χ2v) is 13.5. The maximum absolute atomic E-state index is 8.20. The molecule has 0 aliphatic carbocycles. The first-order valence-corrected chi connectivity index (χ1v) is 23.2. The van der Waals surface area contributed by atoms with Gasteiger partial charge in [-0.05, 0) is 0 Å². The summed E-state index contributed by atoms with van der Waals surface area (Å²) in [4.78, 5) is 48.7. The highest BCUT2D eigenvalue weighted by Gasteiger charge is 1.99. The minimum absolute atomic E-state index is 0.0926. The molecule has 46 heteroatoms. The molecule has 0 aliphatic rings. The van der Waals surface area contributed by atoms with Crippen molar-refractivity contribution in [2.75, 3.05) is 141 Å². The zero-order valence-electron chi connectivity index (χ0n) is 54.5. The SMILES string of the molecule is CN(C#N)C(N)=NC#N.CN(C)C(=N)N.CN(C)C(N)=NC#N.CN=C(N)N.CN=C(N)N(C)C#N.CN=C(N)NC.CN=C(N)NC.CN=C(N)NC#N.CN=C(NC#N)N(C)C.CN=C(NC#N)NC#N.[C-]#[N+]NC(=C)N(C)C#N.[C-]#[N+]NC(=NC)NC. The fourth-order valence-electron chi connectivity index (χ4n) is 2.00. The van der Waals surface area contributed by atoms with Gasteiger partial charge in [0.1, 0.15) is 0 Å². The van der Waals surface area contributed by atoms with Crippen LogP contribution in [0.4, 0.5) is 0 Å². The van der Waals surface area contributed by atoms with Crippen molar-refractivity contribution in [3.63, 3.8) is 0 Å². The van der Waals surface area contributed by atoms with E-state index in [1.165, 1.54) is 58.3 Å². The topological polar surface area (TPSA) is 732 Å². The number of hydrogen-bond acceptors (Lipinski definition) is 22. The molecule has 0 fully saturated rings. The molecular weight excluding hydrogens is 1170 g/mol. The Kier molecular flexibility index (Phi) is 96.6. The first kappa shape index (κ1) is 104. The van der Waals surface area contributed by atoms with Gasteiger partial charge in [0, 0.05) is 141 Å². The Hall–Kier alpha value is -14.3. The van der Waals surface area contributed by atoms with Gasteiger partial charge in [-0.15, -0.1) is 9.98 Å². The Morgan fingerprint density at radius 2 is 0.767 bits per heavy atom. The summed E-state index contributed by atoms with van der Waals surface area (Å²) in [5, 5.41) is 95.8. The highest BCUT2D eigenvalue weighted by atomic mass is 15.4. The van der Waals surface area contributed by atoms with Crippen LogP contribution in [0.3, 0.4) is 0 Å². The minimum atomic E-state index is -0.0972. The van der Waals surface area contributed by atoms with Crippen LogP contribution in [0.2, 0.25) is 0 Å². The largest absolute Gasteiger partial charge is 0.370 e. The van der Waals surface area contributed by atoms with Crippen LogP contribution in [0, 0.1) is 122 Å². The molecule has 0 amide bonds. The standard InChI is InChI=1S/C5H10N4.C5H6N4.2C4H5N5.3C4H8N4.C3H6N4.3C3H9N3.C2H7N3/c1-7-5(8-4-6)9(2)3;1-5(8-7-2)9(3)4-6;1-9(3-6)4(7)8-2-5;1-7-4(8-2-5)9-3-6;1-8(2)4(6)7-3-5;1-7-4(6)8(2)3-5;1-5-4(6-2)8-7-3;1-6-3(5)7-2-4;1-6(2)3(4)5;2*1-5-3(4)6-2;1-5-2(3)4/h1-3H3,(H,7,8);8H,1H2,3H3;1H3,(H2,7,8);1H3,(H2,7,8,9);2*1-2H3,(H2,6,7);1-2H3,(H2,5,6,8);1H3,(H3,5,6,7);1-2H3,(H3,4,5);2*1-2H3,(H3,4,5,6);1H3,(H4,3,4,5). The van der Waals surface area contributed by atoms with Crippen molar-refractivity contribution in [3.8, 4) is 55.7 Å². The third-order valence-corrected chi connectivity index (χ3v) is 6.90. The van der Waals surface area contributed by atoms with Crippen molar-refractivity contribution in [2.24, 2.45) is 102 Å². The van der Waals surface area contributed by atoms with Gasteiger partial charge < -0.3 is 82.3 Å². The lowest BCUT2D eigenvalue weighted by atomic mass is 10.7. The van der Waals surface area contributed by atoms with Gasteiger partial charge in [-0.2, -0.15) is 70.4 Å². The quantitative estimate of drug-likeness (QED) is 0.0305. The van der Waals surface area contributed by atoms with Crippen molar-refractivity contribution in [1.29, 1.82) is 52.8 Å². The van der Waals surface area contributed by atoms with E-state index in [0.717, 1.165) is 9.80 Å². The monoisotopic (exact) mass is 1260 g/mol. The van der Waals surface area contributed by atoms with Crippen molar-refractivity contribution >= 4 is 65.6 Å². The molecule has 0 radical (unpaired) electrons. The Bertz CT molecular complexity index is 2650. The molecule has 46 nitrogen and oxygen atoms in total. The van der Waals surface area contributed by atoms with Crippen LogP contribution in [0.15, 0.2) is 62.3 Å². The fraction of sp³-hybridized carbons (Fsp3) is 0.455. The molecule has 0 heterocycles. The molecule has 496 valence electrons. The lowest BCUT2D eigenvalue weighted by molar-refractivity contribution is 0.554. The lowest BCUT2D eigenvalue weighted by Crippen LogP contribution is -2.32. The molecular formula is C44H90N46. The fourth-order valence-corrected chi connectivity index (χ4v) is 2.00. The van der Waals surface area contributed by atoms with Crippen LogP contribution in [0.25, 0.3) is 9.91 Å². The number of aliphatic imine (C=N–C) groups is 10. The molecule has 0 saturated carbocycles.